The lowest BCUT2D eigenvalue weighted by atomic mass is 9.81. The summed E-state index contributed by atoms with van der Waals surface area (Å²) in [4.78, 5) is 2.40. The van der Waals surface area contributed by atoms with Gasteiger partial charge in [0.15, 0.2) is 11.5 Å². The van der Waals surface area contributed by atoms with Crippen LogP contribution in [-0.2, 0) is 10.8 Å². The van der Waals surface area contributed by atoms with Crippen LogP contribution in [0.25, 0.3) is 88.4 Å². The van der Waals surface area contributed by atoms with Gasteiger partial charge in [-0.05, 0) is 116 Å². The van der Waals surface area contributed by atoms with Crippen molar-refractivity contribution in [2.24, 2.45) is 0 Å². The summed E-state index contributed by atoms with van der Waals surface area (Å²) in [5, 5.41) is 4.56. The first-order valence-electron chi connectivity index (χ1n) is 22.2. The van der Waals surface area contributed by atoms with E-state index in [2.05, 4.69) is 196 Å². The minimum Gasteiger partial charge on any atom is -0.455 e. The molecule has 64 heavy (non-hydrogen) atoms. The Balaban J connectivity index is 0.901. The van der Waals surface area contributed by atoms with Gasteiger partial charge in [-0.1, -0.05) is 143 Å². The van der Waals surface area contributed by atoms with Crippen LogP contribution in [0.3, 0.4) is 0 Å². The first-order valence-corrected chi connectivity index (χ1v) is 22.2. The SMILES string of the molecule is CC1(C)c2cc(-c3cccc4c3oc3ccccc34)ccc2-c2cc3c(cc21)Oc1cc2c(cc1N3c1ccccc1)-c1ccc(-c3cccc4c3oc3ccccc34)cc1C2(C)C. The van der Waals surface area contributed by atoms with E-state index in [1.165, 1.54) is 44.5 Å². The van der Waals surface area contributed by atoms with Gasteiger partial charge in [0, 0.05) is 49.2 Å². The Morgan fingerprint density at radius 1 is 0.359 bits per heavy atom. The molecule has 4 nitrogen and oxygen atoms in total. The zero-order valence-electron chi connectivity index (χ0n) is 35.9. The monoisotopic (exact) mass is 823 g/mol. The molecular formula is C60H41NO3. The maximum atomic E-state index is 7.14. The fourth-order valence-electron chi connectivity index (χ4n) is 11.4. The number of anilines is 3. The molecule has 2 aliphatic carbocycles. The third-order valence-corrected chi connectivity index (χ3v) is 14.7. The van der Waals surface area contributed by atoms with Crippen molar-refractivity contribution in [3.05, 3.63) is 198 Å². The van der Waals surface area contributed by atoms with Crippen LogP contribution in [-0.4, -0.2) is 0 Å². The van der Waals surface area contributed by atoms with Gasteiger partial charge in [-0.3, -0.25) is 0 Å². The predicted molar refractivity (Wildman–Crippen MR) is 262 cm³/mol. The second-order valence-corrected chi connectivity index (χ2v) is 18.8. The van der Waals surface area contributed by atoms with Crippen LogP contribution < -0.4 is 9.64 Å². The van der Waals surface area contributed by atoms with Crippen LogP contribution in [0.4, 0.5) is 17.1 Å². The van der Waals surface area contributed by atoms with Crippen molar-refractivity contribution < 1.29 is 13.6 Å². The molecule has 0 unspecified atom stereocenters. The summed E-state index contributed by atoms with van der Waals surface area (Å²) >= 11 is 0. The number of hydrogen-bond donors (Lipinski definition) is 0. The van der Waals surface area contributed by atoms with E-state index in [4.69, 9.17) is 13.6 Å². The number of rotatable bonds is 3. The smallest absolute Gasteiger partial charge is 0.151 e. The molecule has 3 heterocycles. The summed E-state index contributed by atoms with van der Waals surface area (Å²) in [6, 6.07) is 63.6. The summed E-state index contributed by atoms with van der Waals surface area (Å²) in [6.07, 6.45) is 0. The molecule has 0 saturated carbocycles. The van der Waals surface area contributed by atoms with E-state index in [0.717, 1.165) is 94.7 Å². The molecule has 0 spiro atoms. The maximum absolute atomic E-state index is 7.14. The number of nitrogens with zero attached hydrogens (tertiary/aromatic N) is 1. The molecule has 0 N–H and O–H groups in total. The third-order valence-electron chi connectivity index (χ3n) is 14.7. The molecule has 14 rings (SSSR count). The molecule has 304 valence electrons. The first-order chi connectivity index (χ1) is 31.2. The van der Waals surface area contributed by atoms with Crippen LogP contribution in [0.15, 0.2) is 185 Å². The fourth-order valence-corrected chi connectivity index (χ4v) is 11.4. The molecule has 3 aliphatic rings. The van der Waals surface area contributed by atoms with Crippen LogP contribution >= 0.6 is 0 Å². The van der Waals surface area contributed by atoms with E-state index in [9.17, 15) is 0 Å². The van der Waals surface area contributed by atoms with Crippen molar-refractivity contribution in [2.75, 3.05) is 4.90 Å². The van der Waals surface area contributed by atoms with Gasteiger partial charge in [0.25, 0.3) is 0 Å². The number of para-hydroxylation sites is 5. The third kappa shape index (κ3) is 4.72. The highest BCUT2D eigenvalue weighted by molar-refractivity contribution is 6.11. The lowest BCUT2D eigenvalue weighted by molar-refractivity contribution is 0.473. The average Bonchev–Trinajstić information content (AvgIpc) is 4.02. The summed E-state index contributed by atoms with van der Waals surface area (Å²) in [5.74, 6) is 1.72. The van der Waals surface area contributed by atoms with Gasteiger partial charge in [-0.25, -0.2) is 0 Å². The number of ether oxygens (including phenoxy) is 1. The Morgan fingerprint density at radius 3 is 1.30 bits per heavy atom. The Kier molecular flexibility index (Phi) is 6.94. The summed E-state index contributed by atoms with van der Waals surface area (Å²) in [7, 11) is 0. The van der Waals surface area contributed by atoms with Gasteiger partial charge in [0.2, 0.25) is 0 Å². The molecule has 0 amide bonds. The minimum absolute atomic E-state index is 0.273. The lowest BCUT2D eigenvalue weighted by Crippen LogP contribution is -2.19. The Hall–Kier alpha value is -7.82. The Morgan fingerprint density at radius 2 is 0.797 bits per heavy atom. The van der Waals surface area contributed by atoms with E-state index in [1.54, 1.807) is 0 Å². The number of hydrogen-bond acceptors (Lipinski definition) is 4. The van der Waals surface area contributed by atoms with Gasteiger partial charge in [0.05, 0.1) is 11.4 Å². The summed E-state index contributed by atoms with van der Waals surface area (Å²) in [6.45, 7) is 9.38. The van der Waals surface area contributed by atoms with E-state index in [1.807, 2.05) is 12.1 Å². The molecule has 1 aliphatic heterocycles. The average molecular weight is 824 g/mol. The van der Waals surface area contributed by atoms with Crippen molar-refractivity contribution in [3.63, 3.8) is 0 Å². The zero-order valence-corrected chi connectivity index (χ0v) is 35.9. The van der Waals surface area contributed by atoms with Crippen LogP contribution in [0.2, 0.25) is 0 Å². The molecule has 0 radical (unpaired) electrons. The van der Waals surface area contributed by atoms with Crippen molar-refractivity contribution in [1.29, 1.82) is 0 Å². The lowest BCUT2D eigenvalue weighted by Gasteiger charge is -2.35. The van der Waals surface area contributed by atoms with Crippen molar-refractivity contribution in [2.45, 2.75) is 38.5 Å². The second kappa shape index (κ2) is 12.4. The highest BCUT2D eigenvalue weighted by Crippen LogP contribution is 2.60. The van der Waals surface area contributed by atoms with E-state index in [-0.39, 0.29) is 10.8 Å². The van der Waals surface area contributed by atoms with Gasteiger partial charge in [-0.2, -0.15) is 0 Å². The van der Waals surface area contributed by atoms with E-state index < -0.39 is 0 Å². The van der Waals surface area contributed by atoms with Crippen LogP contribution in [0.1, 0.15) is 49.9 Å². The standard InChI is InChI=1S/C60H41NO3/c1-59(2)47-28-34(37-18-12-20-43-41-16-8-10-22-53(41)63-57(37)43)24-26-39(47)45-30-51-55(32-49(45)59)62-56-33-50-46(31-52(56)61(51)36-14-6-5-7-15-36)40-27-25-35(29-48(40)60(50,3)4)38-19-13-21-44-42-17-9-11-23-54(42)64-58(38)44/h5-33H,1-4H3. The quantitative estimate of drug-likeness (QED) is 0.178. The topological polar surface area (TPSA) is 38.8 Å². The maximum Gasteiger partial charge on any atom is 0.151 e. The molecule has 0 atom stereocenters. The van der Waals surface area contributed by atoms with Gasteiger partial charge >= 0.3 is 0 Å². The number of benzene rings is 9. The molecule has 0 fully saturated rings. The van der Waals surface area contributed by atoms with Crippen molar-refractivity contribution in [1.82, 2.24) is 0 Å². The summed E-state index contributed by atoms with van der Waals surface area (Å²) < 4.78 is 20.1. The van der Waals surface area contributed by atoms with Crippen molar-refractivity contribution in [3.8, 4) is 56.0 Å². The van der Waals surface area contributed by atoms with Crippen LogP contribution in [0.5, 0.6) is 11.5 Å². The molecule has 4 heteroatoms. The van der Waals surface area contributed by atoms with Crippen molar-refractivity contribution >= 4 is 60.9 Å². The van der Waals surface area contributed by atoms with E-state index >= 15 is 0 Å². The normalized spacial score (nSPS) is 14.9. The fraction of sp³-hybridized carbons (Fsp3) is 0.100. The number of furan rings is 2. The molecular weight excluding hydrogens is 783 g/mol. The highest BCUT2D eigenvalue weighted by Gasteiger charge is 2.42. The molecule has 11 aromatic rings. The predicted octanol–water partition coefficient (Wildman–Crippen LogP) is 17.0. The Labute approximate surface area is 370 Å². The van der Waals surface area contributed by atoms with Crippen LogP contribution in [0, 0.1) is 0 Å². The molecule has 0 bridgehead atoms. The first kappa shape index (κ1) is 35.7. The highest BCUT2D eigenvalue weighted by atomic mass is 16.5. The molecule has 9 aromatic carbocycles. The number of fused-ring (bicyclic) bond motifs is 14. The van der Waals surface area contributed by atoms with Gasteiger partial charge in [0.1, 0.15) is 22.3 Å². The molecule has 2 aromatic heterocycles. The van der Waals surface area contributed by atoms with Gasteiger partial charge in [-0.15, -0.1) is 0 Å². The zero-order chi connectivity index (χ0) is 42.6. The van der Waals surface area contributed by atoms with Gasteiger partial charge < -0.3 is 18.5 Å². The largest absolute Gasteiger partial charge is 0.455 e. The minimum atomic E-state index is -0.273. The molecule has 0 saturated heterocycles. The van der Waals surface area contributed by atoms with E-state index in [0.29, 0.717) is 0 Å². The Bertz CT molecular complexity index is 3600. The summed E-state index contributed by atoms with van der Waals surface area (Å²) in [5.41, 5.74) is 20.9. The second-order valence-electron chi connectivity index (χ2n) is 18.8.